The van der Waals surface area contributed by atoms with Crippen molar-refractivity contribution in [2.24, 2.45) is 0 Å². The summed E-state index contributed by atoms with van der Waals surface area (Å²) in [6.07, 6.45) is 1.52. The second-order valence-electron chi connectivity index (χ2n) is 3.92. The van der Waals surface area contributed by atoms with Gasteiger partial charge in [0.05, 0.1) is 5.69 Å². The van der Waals surface area contributed by atoms with Crippen molar-refractivity contribution in [1.82, 2.24) is 4.57 Å². The van der Waals surface area contributed by atoms with Gasteiger partial charge in [-0.05, 0) is 57.0 Å². The van der Waals surface area contributed by atoms with Gasteiger partial charge in [-0.25, -0.2) is 4.79 Å². The summed E-state index contributed by atoms with van der Waals surface area (Å²) in [4.78, 5) is 22.7. The zero-order valence-electron chi connectivity index (χ0n) is 9.85. The Hall–Kier alpha value is -1.40. The third-order valence-corrected chi connectivity index (χ3v) is 3.90. The van der Waals surface area contributed by atoms with E-state index >= 15 is 0 Å². The topological polar surface area (TPSA) is 59.3 Å². The van der Waals surface area contributed by atoms with Crippen LogP contribution in [0, 0.1) is 0 Å². The molecule has 6 heteroatoms. The number of carboxylic acid groups (broad SMARTS) is 1. The fraction of sp³-hybridized carbons (Fsp3) is 0.0769. The van der Waals surface area contributed by atoms with Crippen LogP contribution in [0.25, 0.3) is 5.69 Å². The summed E-state index contributed by atoms with van der Waals surface area (Å²) in [7, 11) is 0. The standard InChI is InChI=1S/C13H9Br2NO3/c1-7(17)8-5-11(13(18)19)16(6-8)12-9(14)3-2-4-10(12)15/h2-6H,1H3,(H,18,19). The number of carbonyl (C=O) groups excluding carboxylic acids is 1. The number of benzene rings is 1. The van der Waals surface area contributed by atoms with Gasteiger partial charge in [0.2, 0.25) is 0 Å². The van der Waals surface area contributed by atoms with Crippen molar-refractivity contribution in [1.29, 1.82) is 0 Å². The number of aromatic carboxylic acids is 1. The lowest BCUT2D eigenvalue weighted by atomic mass is 10.2. The highest BCUT2D eigenvalue weighted by molar-refractivity contribution is 9.11. The van der Waals surface area contributed by atoms with Crippen molar-refractivity contribution in [2.45, 2.75) is 6.92 Å². The molecule has 0 fully saturated rings. The number of aromatic nitrogens is 1. The van der Waals surface area contributed by atoms with Crippen molar-refractivity contribution >= 4 is 43.6 Å². The quantitative estimate of drug-likeness (QED) is 0.813. The molecule has 2 rings (SSSR count). The average Bonchev–Trinajstić information content (AvgIpc) is 2.73. The molecule has 0 atom stereocenters. The molecule has 1 aromatic heterocycles. The highest BCUT2D eigenvalue weighted by Gasteiger charge is 2.18. The summed E-state index contributed by atoms with van der Waals surface area (Å²) >= 11 is 6.77. The maximum Gasteiger partial charge on any atom is 0.352 e. The molecule has 19 heavy (non-hydrogen) atoms. The minimum Gasteiger partial charge on any atom is -0.477 e. The third kappa shape index (κ3) is 2.64. The van der Waals surface area contributed by atoms with Gasteiger partial charge in [0.1, 0.15) is 5.69 Å². The number of halogens is 2. The smallest absolute Gasteiger partial charge is 0.352 e. The summed E-state index contributed by atoms with van der Waals surface area (Å²) in [6, 6.07) is 6.81. The molecule has 1 N–H and O–H groups in total. The number of carboxylic acids is 1. The Balaban J connectivity index is 2.74. The van der Waals surface area contributed by atoms with E-state index in [9.17, 15) is 14.7 Å². The average molecular weight is 387 g/mol. The lowest BCUT2D eigenvalue weighted by molar-refractivity contribution is 0.0688. The van der Waals surface area contributed by atoms with Gasteiger partial charge in [-0.2, -0.15) is 0 Å². The zero-order valence-corrected chi connectivity index (χ0v) is 13.0. The molecular weight excluding hydrogens is 378 g/mol. The van der Waals surface area contributed by atoms with Crippen molar-refractivity contribution in [3.05, 3.63) is 50.7 Å². The van der Waals surface area contributed by atoms with Gasteiger partial charge < -0.3 is 9.67 Å². The summed E-state index contributed by atoms with van der Waals surface area (Å²) < 4.78 is 2.94. The van der Waals surface area contributed by atoms with Gasteiger partial charge in [-0.15, -0.1) is 0 Å². The van der Waals surface area contributed by atoms with Crippen LogP contribution in [0.5, 0.6) is 0 Å². The summed E-state index contributed by atoms with van der Waals surface area (Å²) in [5.41, 5.74) is 1.05. The van der Waals surface area contributed by atoms with Crippen LogP contribution >= 0.6 is 31.9 Å². The zero-order chi connectivity index (χ0) is 14.2. The Morgan fingerprint density at radius 1 is 1.21 bits per heavy atom. The Bertz CT molecular complexity index is 656. The number of nitrogens with zero attached hydrogens (tertiary/aromatic N) is 1. The number of Topliss-reactive ketones (excluding diaryl/α,β-unsaturated/α-hetero) is 1. The normalized spacial score (nSPS) is 10.5. The number of rotatable bonds is 3. The Morgan fingerprint density at radius 3 is 2.26 bits per heavy atom. The van der Waals surface area contributed by atoms with Gasteiger partial charge >= 0.3 is 5.97 Å². The largest absolute Gasteiger partial charge is 0.477 e. The fourth-order valence-electron chi connectivity index (χ4n) is 1.72. The molecule has 4 nitrogen and oxygen atoms in total. The molecule has 0 aliphatic rings. The van der Waals surface area contributed by atoms with Crippen LogP contribution < -0.4 is 0 Å². The van der Waals surface area contributed by atoms with E-state index < -0.39 is 5.97 Å². The Labute approximate surface area is 126 Å². The fourth-order valence-corrected chi connectivity index (χ4v) is 3.10. The van der Waals surface area contributed by atoms with Crippen LogP contribution in [0.3, 0.4) is 0 Å². The molecule has 0 aliphatic carbocycles. The molecule has 98 valence electrons. The maximum atomic E-state index is 11.4. The van der Waals surface area contributed by atoms with Crippen LogP contribution in [0.1, 0.15) is 27.8 Å². The highest BCUT2D eigenvalue weighted by atomic mass is 79.9. The summed E-state index contributed by atoms with van der Waals surface area (Å²) in [6.45, 7) is 1.40. The van der Waals surface area contributed by atoms with Gasteiger partial charge in [0, 0.05) is 20.7 Å². The Morgan fingerprint density at radius 2 is 1.79 bits per heavy atom. The minimum absolute atomic E-state index is 0.0396. The van der Waals surface area contributed by atoms with Gasteiger partial charge in [-0.1, -0.05) is 6.07 Å². The Kier molecular flexibility index (Phi) is 3.91. The molecule has 1 heterocycles. The van der Waals surface area contributed by atoms with Gasteiger partial charge in [0.15, 0.2) is 5.78 Å². The second kappa shape index (κ2) is 5.30. The first-order valence-electron chi connectivity index (χ1n) is 5.33. The first-order chi connectivity index (χ1) is 8.91. The summed E-state index contributed by atoms with van der Waals surface area (Å²) in [5.74, 6) is -1.26. The van der Waals surface area contributed by atoms with E-state index in [4.69, 9.17) is 0 Å². The molecule has 0 aliphatic heterocycles. The molecule has 0 saturated heterocycles. The van der Waals surface area contributed by atoms with Crippen molar-refractivity contribution in [3.8, 4) is 5.69 Å². The van der Waals surface area contributed by atoms with E-state index in [1.54, 1.807) is 12.1 Å². The SMILES string of the molecule is CC(=O)c1cc(C(=O)O)n(-c2c(Br)cccc2Br)c1. The van der Waals surface area contributed by atoms with Crippen LogP contribution in [0.2, 0.25) is 0 Å². The van der Waals surface area contributed by atoms with Crippen LogP contribution in [0.4, 0.5) is 0 Å². The first-order valence-corrected chi connectivity index (χ1v) is 6.91. The number of para-hydroxylation sites is 1. The first kappa shape index (κ1) is 14.0. The van der Waals surface area contributed by atoms with E-state index in [-0.39, 0.29) is 11.5 Å². The lowest BCUT2D eigenvalue weighted by Crippen LogP contribution is -2.06. The lowest BCUT2D eigenvalue weighted by Gasteiger charge is -2.10. The van der Waals surface area contributed by atoms with E-state index in [0.717, 1.165) is 8.95 Å². The van der Waals surface area contributed by atoms with Crippen LogP contribution in [-0.4, -0.2) is 21.4 Å². The molecule has 0 spiro atoms. The second-order valence-corrected chi connectivity index (χ2v) is 5.62. The minimum atomic E-state index is -1.09. The number of carbonyl (C=O) groups is 2. The maximum absolute atomic E-state index is 11.4. The molecule has 0 amide bonds. The van der Waals surface area contributed by atoms with Gasteiger partial charge in [-0.3, -0.25) is 4.79 Å². The van der Waals surface area contributed by atoms with Crippen molar-refractivity contribution < 1.29 is 14.7 Å². The number of hydrogen-bond acceptors (Lipinski definition) is 2. The van der Waals surface area contributed by atoms with E-state index in [1.165, 1.54) is 23.8 Å². The molecule has 0 radical (unpaired) electrons. The predicted octanol–water partition coefficient (Wildman–Crippen LogP) is 3.90. The van der Waals surface area contributed by atoms with E-state index in [0.29, 0.717) is 11.3 Å². The number of hydrogen-bond donors (Lipinski definition) is 1. The molecule has 1 aromatic carbocycles. The van der Waals surface area contributed by atoms with E-state index in [1.807, 2.05) is 6.07 Å². The predicted molar refractivity (Wildman–Crippen MR) is 78.1 cm³/mol. The third-order valence-electron chi connectivity index (χ3n) is 2.62. The van der Waals surface area contributed by atoms with Gasteiger partial charge in [0.25, 0.3) is 0 Å². The molecule has 0 saturated carbocycles. The van der Waals surface area contributed by atoms with Crippen molar-refractivity contribution in [3.63, 3.8) is 0 Å². The van der Waals surface area contributed by atoms with Crippen LogP contribution in [-0.2, 0) is 0 Å². The molecule has 0 bridgehead atoms. The summed E-state index contributed by atoms with van der Waals surface area (Å²) in [5, 5.41) is 9.24. The molecule has 0 unspecified atom stereocenters. The molecule has 2 aromatic rings. The highest BCUT2D eigenvalue weighted by Crippen LogP contribution is 2.31. The monoisotopic (exact) mass is 385 g/mol. The van der Waals surface area contributed by atoms with Crippen molar-refractivity contribution in [2.75, 3.05) is 0 Å². The number of ketones is 1. The molecular formula is C13H9Br2NO3. The van der Waals surface area contributed by atoms with E-state index in [2.05, 4.69) is 31.9 Å². The van der Waals surface area contributed by atoms with Crippen LogP contribution in [0.15, 0.2) is 39.4 Å².